The van der Waals surface area contributed by atoms with E-state index in [0.717, 1.165) is 35.7 Å². The molecule has 158 valence electrons. The molecule has 1 aliphatic rings. The topological polar surface area (TPSA) is 90.3 Å². The van der Waals surface area contributed by atoms with Crippen LogP contribution in [-0.4, -0.2) is 54.1 Å². The molecule has 0 saturated carbocycles. The van der Waals surface area contributed by atoms with Gasteiger partial charge in [-0.25, -0.2) is 4.98 Å². The quantitative estimate of drug-likeness (QED) is 0.699. The Bertz CT molecular complexity index is 905. The predicted molar refractivity (Wildman–Crippen MR) is 117 cm³/mol. The third-order valence-corrected chi connectivity index (χ3v) is 5.29. The highest BCUT2D eigenvalue weighted by molar-refractivity contribution is 5.79. The van der Waals surface area contributed by atoms with Crippen LogP contribution < -0.4 is 15.4 Å². The van der Waals surface area contributed by atoms with Crippen LogP contribution in [0.1, 0.15) is 26.7 Å². The van der Waals surface area contributed by atoms with Crippen molar-refractivity contribution < 1.29 is 9.53 Å². The van der Waals surface area contributed by atoms with Crippen LogP contribution in [0.5, 0.6) is 5.75 Å². The van der Waals surface area contributed by atoms with E-state index in [2.05, 4.69) is 21.7 Å². The minimum atomic E-state index is -0.324. The molecule has 0 unspecified atom stereocenters. The molecule has 3 rings (SSSR count). The minimum absolute atomic E-state index is 0.0215. The molecule has 1 atom stereocenters. The number of pyridine rings is 1. The lowest BCUT2D eigenvalue weighted by Gasteiger charge is -2.28. The van der Waals surface area contributed by atoms with Gasteiger partial charge in [-0.3, -0.25) is 4.79 Å². The van der Waals surface area contributed by atoms with E-state index in [0.29, 0.717) is 13.1 Å². The zero-order valence-corrected chi connectivity index (χ0v) is 17.8. The number of hydrogen-bond acceptors (Lipinski definition) is 6. The van der Waals surface area contributed by atoms with E-state index in [1.54, 1.807) is 12.0 Å². The summed E-state index contributed by atoms with van der Waals surface area (Å²) in [7, 11) is 1.65. The first kappa shape index (κ1) is 21.6. The molecule has 2 N–H and O–H groups in total. The summed E-state index contributed by atoms with van der Waals surface area (Å²) in [5.74, 6) is 1.56. The van der Waals surface area contributed by atoms with E-state index < -0.39 is 0 Å². The van der Waals surface area contributed by atoms with E-state index in [4.69, 9.17) is 10.00 Å². The van der Waals surface area contributed by atoms with Crippen molar-refractivity contribution in [2.24, 2.45) is 0 Å². The first-order valence-corrected chi connectivity index (χ1v) is 10.2. The second kappa shape index (κ2) is 9.59. The lowest BCUT2D eigenvalue weighted by molar-refractivity contribution is -0.130. The Hall–Kier alpha value is -3.11. The molecule has 1 aromatic carbocycles. The number of amides is 1. The number of hydrogen-bond donors (Lipinski definition) is 2. The second-order valence-corrected chi connectivity index (χ2v) is 8.10. The van der Waals surface area contributed by atoms with Crippen molar-refractivity contribution in [3.8, 4) is 23.1 Å². The molecule has 1 fully saturated rings. The summed E-state index contributed by atoms with van der Waals surface area (Å²) in [5.41, 5.74) is 1.57. The fourth-order valence-corrected chi connectivity index (χ4v) is 3.45. The number of likely N-dealkylation sites (tertiary alicyclic amines) is 1. The van der Waals surface area contributed by atoms with Crippen molar-refractivity contribution in [2.45, 2.75) is 38.3 Å². The SMILES string of the molecule is COc1ccc(-c2cccc(NCC(C)(C)NCC(=O)N3CCC[C@H]3C#N)n2)cc1. The van der Waals surface area contributed by atoms with Crippen molar-refractivity contribution in [3.63, 3.8) is 0 Å². The summed E-state index contributed by atoms with van der Waals surface area (Å²) in [4.78, 5) is 18.8. The predicted octanol–water partition coefficient (Wildman–Crippen LogP) is 3.05. The Morgan fingerprint density at radius 3 is 2.77 bits per heavy atom. The van der Waals surface area contributed by atoms with Crippen LogP contribution in [0.2, 0.25) is 0 Å². The number of carbonyl (C=O) groups is 1. The molecule has 30 heavy (non-hydrogen) atoms. The van der Waals surface area contributed by atoms with E-state index in [1.165, 1.54) is 0 Å². The Kier molecular flexibility index (Phi) is 6.91. The van der Waals surface area contributed by atoms with E-state index in [9.17, 15) is 4.79 Å². The normalized spacial score (nSPS) is 16.2. The van der Waals surface area contributed by atoms with Crippen LogP contribution in [0.15, 0.2) is 42.5 Å². The van der Waals surface area contributed by atoms with Crippen LogP contribution in [0.25, 0.3) is 11.3 Å². The molecule has 1 saturated heterocycles. The number of nitrogens with one attached hydrogen (secondary N) is 2. The number of aromatic nitrogens is 1. The molecule has 2 aromatic rings. The molecule has 1 aromatic heterocycles. The monoisotopic (exact) mass is 407 g/mol. The molecule has 0 spiro atoms. The van der Waals surface area contributed by atoms with Crippen LogP contribution in [0, 0.1) is 11.3 Å². The fraction of sp³-hybridized carbons (Fsp3) is 0.435. The van der Waals surface area contributed by atoms with Crippen molar-refractivity contribution in [1.82, 2.24) is 15.2 Å². The highest BCUT2D eigenvalue weighted by Crippen LogP contribution is 2.22. The first-order chi connectivity index (χ1) is 14.4. The third-order valence-electron chi connectivity index (χ3n) is 5.29. The van der Waals surface area contributed by atoms with Gasteiger partial charge in [-0.15, -0.1) is 0 Å². The Labute approximate surface area is 178 Å². The minimum Gasteiger partial charge on any atom is -0.497 e. The summed E-state index contributed by atoms with van der Waals surface area (Å²) in [6, 6.07) is 15.6. The molecule has 1 amide bonds. The highest BCUT2D eigenvalue weighted by Gasteiger charge is 2.29. The Balaban J connectivity index is 1.55. The maximum atomic E-state index is 12.5. The summed E-state index contributed by atoms with van der Waals surface area (Å²) in [6.45, 7) is 5.55. The van der Waals surface area contributed by atoms with Crippen LogP contribution in [-0.2, 0) is 4.79 Å². The van der Waals surface area contributed by atoms with Gasteiger partial charge in [0.15, 0.2) is 0 Å². The van der Waals surface area contributed by atoms with E-state index in [-0.39, 0.29) is 24.0 Å². The van der Waals surface area contributed by atoms with Gasteiger partial charge in [0, 0.05) is 24.2 Å². The largest absolute Gasteiger partial charge is 0.497 e. The summed E-state index contributed by atoms with van der Waals surface area (Å²) < 4.78 is 5.21. The molecule has 7 nitrogen and oxygen atoms in total. The standard InChI is InChI=1S/C23H29N5O2/c1-23(2,26-15-22(29)28-13-5-6-18(28)14-24)16-25-21-8-4-7-20(27-21)17-9-11-19(30-3)12-10-17/h4,7-12,18,26H,5-6,13,15-16H2,1-3H3,(H,25,27)/t18-/m0/s1. The molecule has 0 bridgehead atoms. The smallest absolute Gasteiger partial charge is 0.237 e. The number of carbonyl (C=O) groups excluding carboxylic acids is 1. The molecular formula is C23H29N5O2. The molecule has 0 aliphatic carbocycles. The van der Waals surface area contributed by atoms with E-state index in [1.807, 2.05) is 56.3 Å². The number of anilines is 1. The van der Waals surface area contributed by atoms with Gasteiger partial charge in [0.25, 0.3) is 0 Å². The zero-order chi connectivity index (χ0) is 21.6. The molecule has 1 aliphatic heterocycles. The third kappa shape index (κ3) is 5.49. The van der Waals surface area contributed by atoms with Gasteiger partial charge in [-0.05, 0) is 63.1 Å². The summed E-state index contributed by atoms with van der Waals surface area (Å²) in [6.07, 6.45) is 1.66. The van der Waals surface area contributed by atoms with Gasteiger partial charge in [-0.1, -0.05) is 6.07 Å². The highest BCUT2D eigenvalue weighted by atomic mass is 16.5. The van der Waals surface area contributed by atoms with Crippen molar-refractivity contribution >= 4 is 11.7 Å². The molecular weight excluding hydrogens is 378 g/mol. The fourth-order valence-electron chi connectivity index (χ4n) is 3.45. The second-order valence-electron chi connectivity index (χ2n) is 8.10. The zero-order valence-electron chi connectivity index (χ0n) is 17.8. The molecule has 0 radical (unpaired) electrons. The Morgan fingerprint density at radius 1 is 1.30 bits per heavy atom. The lowest BCUT2D eigenvalue weighted by atomic mass is 10.1. The van der Waals surface area contributed by atoms with Crippen molar-refractivity contribution in [2.75, 3.05) is 32.1 Å². The molecule has 2 heterocycles. The van der Waals surface area contributed by atoms with Gasteiger partial charge in [0.1, 0.15) is 17.6 Å². The molecule has 7 heteroatoms. The van der Waals surface area contributed by atoms with Gasteiger partial charge < -0.3 is 20.3 Å². The maximum Gasteiger partial charge on any atom is 0.237 e. The van der Waals surface area contributed by atoms with Crippen molar-refractivity contribution in [3.05, 3.63) is 42.5 Å². The van der Waals surface area contributed by atoms with Crippen LogP contribution in [0.3, 0.4) is 0 Å². The van der Waals surface area contributed by atoms with Gasteiger partial charge >= 0.3 is 0 Å². The summed E-state index contributed by atoms with van der Waals surface area (Å²) in [5, 5.41) is 15.8. The number of nitrogens with zero attached hydrogens (tertiary/aromatic N) is 3. The van der Waals surface area contributed by atoms with Gasteiger partial charge in [0.2, 0.25) is 5.91 Å². The number of ether oxygens (including phenoxy) is 1. The van der Waals surface area contributed by atoms with Crippen LogP contribution in [0.4, 0.5) is 5.82 Å². The van der Waals surface area contributed by atoms with E-state index >= 15 is 0 Å². The first-order valence-electron chi connectivity index (χ1n) is 10.2. The summed E-state index contributed by atoms with van der Waals surface area (Å²) >= 11 is 0. The number of nitriles is 1. The average Bonchev–Trinajstić information content (AvgIpc) is 3.25. The van der Waals surface area contributed by atoms with Crippen molar-refractivity contribution in [1.29, 1.82) is 5.26 Å². The van der Waals surface area contributed by atoms with Gasteiger partial charge in [0.05, 0.1) is 25.4 Å². The van der Waals surface area contributed by atoms with Crippen LogP contribution >= 0.6 is 0 Å². The Morgan fingerprint density at radius 2 is 2.07 bits per heavy atom. The number of benzene rings is 1. The average molecular weight is 408 g/mol. The number of rotatable bonds is 8. The van der Waals surface area contributed by atoms with Gasteiger partial charge in [-0.2, -0.15) is 5.26 Å². The lowest BCUT2D eigenvalue weighted by Crippen LogP contribution is -2.50. The number of methoxy groups -OCH3 is 1. The maximum absolute atomic E-state index is 12.5.